The molecule has 0 N–H and O–H groups in total. The number of carbonyl (C=O) groups excluding carboxylic acids is 2. The summed E-state index contributed by atoms with van der Waals surface area (Å²) in [6.07, 6.45) is -0.186. The van der Waals surface area contributed by atoms with E-state index in [1.54, 1.807) is 38.2 Å². The molecule has 1 heterocycles. The Morgan fingerprint density at radius 1 is 1.19 bits per heavy atom. The molecule has 138 valence electrons. The van der Waals surface area contributed by atoms with Crippen LogP contribution in [0.25, 0.3) is 0 Å². The molecule has 0 aliphatic rings. The van der Waals surface area contributed by atoms with Crippen LogP contribution in [0.5, 0.6) is 5.88 Å². The first kappa shape index (κ1) is 19.1. The SMILES string of the molecule is Cc1nn(C)c(OC(C=O)c2ccccc2)c1C(=O)c1ccc(Cl)cc1Cl. The van der Waals surface area contributed by atoms with Gasteiger partial charge in [-0.05, 0) is 30.7 Å². The van der Waals surface area contributed by atoms with Crippen molar-refractivity contribution in [3.05, 3.63) is 81.0 Å². The highest BCUT2D eigenvalue weighted by molar-refractivity contribution is 6.37. The second kappa shape index (κ2) is 7.94. The number of rotatable bonds is 6. The van der Waals surface area contributed by atoms with Crippen LogP contribution in [-0.2, 0) is 11.8 Å². The number of hydrogen-bond acceptors (Lipinski definition) is 4. The highest BCUT2D eigenvalue weighted by Crippen LogP contribution is 2.31. The fraction of sp³-hybridized carbons (Fsp3) is 0.150. The lowest BCUT2D eigenvalue weighted by Gasteiger charge is -2.15. The molecule has 0 aliphatic carbocycles. The van der Waals surface area contributed by atoms with Gasteiger partial charge in [0.05, 0.1) is 10.7 Å². The van der Waals surface area contributed by atoms with Crippen LogP contribution in [-0.4, -0.2) is 21.8 Å². The molecule has 0 bridgehead atoms. The second-order valence-corrected chi connectivity index (χ2v) is 6.77. The Morgan fingerprint density at radius 3 is 2.52 bits per heavy atom. The van der Waals surface area contributed by atoms with E-state index in [9.17, 15) is 9.59 Å². The first-order valence-electron chi connectivity index (χ1n) is 8.12. The first-order chi connectivity index (χ1) is 12.9. The van der Waals surface area contributed by atoms with Crippen LogP contribution in [0.2, 0.25) is 10.0 Å². The van der Waals surface area contributed by atoms with E-state index in [1.807, 2.05) is 18.2 Å². The highest BCUT2D eigenvalue weighted by atomic mass is 35.5. The largest absolute Gasteiger partial charge is 0.461 e. The van der Waals surface area contributed by atoms with Gasteiger partial charge in [0.1, 0.15) is 5.56 Å². The molecule has 0 aliphatic heterocycles. The number of ketones is 1. The topological polar surface area (TPSA) is 61.2 Å². The standard InChI is InChI=1S/C20H16Cl2N2O3/c1-12-18(19(26)15-9-8-14(21)10-16(15)22)20(24(2)23-12)27-17(11-25)13-6-4-3-5-7-13/h3-11,17H,1-2H3. The minimum atomic E-state index is -0.867. The number of aromatic nitrogens is 2. The Kier molecular flexibility index (Phi) is 5.63. The summed E-state index contributed by atoms with van der Waals surface area (Å²) in [7, 11) is 1.65. The van der Waals surface area contributed by atoms with Crippen LogP contribution in [0.3, 0.4) is 0 Å². The van der Waals surface area contributed by atoms with Crippen molar-refractivity contribution in [1.82, 2.24) is 9.78 Å². The first-order valence-corrected chi connectivity index (χ1v) is 8.88. The summed E-state index contributed by atoms with van der Waals surface area (Å²) in [6, 6.07) is 13.7. The van der Waals surface area contributed by atoms with Crippen molar-refractivity contribution in [2.75, 3.05) is 0 Å². The summed E-state index contributed by atoms with van der Waals surface area (Å²) < 4.78 is 7.32. The van der Waals surface area contributed by atoms with Crippen LogP contribution in [0.15, 0.2) is 48.5 Å². The Hall–Kier alpha value is -2.63. The number of aldehydes is 1. The Morgan fingerprint density at radius 2 is 1.89 bits per heavy atom. The molecule has 0 spiro atoms. The van der Waals surface area contributed by atoms with Gasteiger partial charge in [-0.1, -0.05) is 53.5 Å². The maximum atomic E-state index is 13.1. The van der Waals surface area contributed by atoms with E-state index in [1.165, 1.54) is 10.7 Å². The van der Waals surface area contributed by atoms with E-state index in [0.717, 1.165) is 0 Å². The van der Waals surface area contributed by atoms with Crippen LogP contribution in [0.1, 0.15) is 33.3 Å². The minimum Gasteiger partial charge on any atom is -0.461 e. The number of halogens is 2. The monoisotopic (exact) mass is 402 g/mol. The van der Waals surface area contributed by atoms with Gasteiger partial charge in [0, 0.05) is 17.6 Å². The van der Waals surface area contributed by atoms with Gasteiger partial charge in [-0.3, -0.25) is 9.59 Å². The van der Waals surface area contributed by atoms with Gasteiger partial charge >= 0.3 is 0 Å². The molecule has 1 atom stereocenters. The fourth-order valence-corrected chi connectivity index (χ4v) is 3.27. The lowest BCUT2D eigenvalue weighted by molar-refractivity contribution is -0.114. The number of aryl methyl sites for hydroxylation is 2. The molecule has 7 heteroatoms. The molecule has 1 aromatic heterocycles. The van der Waals surface area contributed by atoms with E-state index in [0.29, 0.717) is 22.6 Å². The molecular weight excluding hydrogens is 387 g/mol. The van der Waals surface area contributed by atoms with Crippen molar-refractivity contribution < 1.29 is 14.3 Å². The Balaban J connectivity index is 2.03. The number of hydrogen-bond donors (Lipinski definition) is 0. The van der Waals surface area contributed by atoms with Gasteiger partial charge in [0.25, 0.3) is 0 Å². The number of ether oxygens (including phenoxy) is 1. The maximum absolute atomic E-state index is 13.1. The maximum Gasteiger partial charge on any atom is 0.224 e. The highest BCUT2D eigenvalue weighted by Gasteiger charge is 2.27. The van der Waals surface area contributed by atoms with Gasteiger partial charge in [0.2, 0.25) is 11.7 Å². The molecule has 3 rings (SSSR count). The van der Waals surface area contributed by atoms with E-state index in [-0.39, 0.29) is 27.8 Å². The zero-order chi connectivity index (χ0) is 19.6. The van der Waals surface area contributed by atoms with Crippen LogP contribution >= 0.6 is 23.2 Å². The zero-order valence-electron chi connectivity index (χ0n) is 14.6. The molecule has 0 saturated heterocycles. The normalized spacial score (nSPS) is 11.9. The van der Waals surface area contributed by atoms with Gasteiger partial charge in [0.15, 0.2) is 12.4 Å². The Labute approximate surface area is 166 Å². The molecule has 0 saturated carbocycles. The van der Waals surface area contributed by atoms with Crippen LogP contribution in [0.4, 0.5) is 0 Å². The smallest absolute Gasteiger partial charge is 0.224 e. The fourth-order valence-electron chi connectivity index (χ4n) is 2.78. The molecule has 1 unspecified atom stereocenters. The van der Waals surface area contributed by atoms with Crippen molar-refractivity contribution in [2.24, 2.45) is 7.05 Å². The number of nitrogens with zero attached hydrogens (tertiary/aromatic N) is 2. The third-order valence-corrected chi connectivity index (χ3v) is 4.61. The number of benzene rings is 2. The predicted molar refractivity (Wildman–Crippen MR) is 104 cm³/mol. The van der Waals surface area contributed by atoms with Crippen molar-refractivity contribution in [1.29, 1.82) is 0 Å². The van der Waals surface area contributed by atoms with Gasteiger partial charge in [-0.2, -0.15) is 5.10 Å². The summed E-state index contributed by atoms with van der Waals surface area (Å²) >= 11 is 12.1. The third-order valence-electron chi connectivity index (χ3n) is 4.06. The average Bonchev–Trinajstić information content (AvgIpc) is 2.93. The van der Waals surface area contributed by atoms with Gasteiger partial charge in [-0.25, -0.2) is 4.68 Å². The van der Waals surface area contributed by atoms with Gasteiger partial charge < -0.3 is 4.74 Å². The quantitative estimate of drug-likeness (QED) is 0.446. The second-order valence-electron chi connectivity index (χ2n) is 5.93. The van der Waals surface area contributed by atoms with Crippen LogP contribution < -0.4 is 4.74 Å². The Bertz CT molecular complexity index is 1000. The summed E-state index contributed by atoms with van der Waals surface area (Å²) in [5.74, 6) is -0.153. The van der Waals surface area contributed by atoms with E-state index >= 15 is 0 Å². The minimum absolute atomic E-state index is 0.199. The summed E-state index contributed by atoms with van der Waals surface area (Å²) in [4.78, 5) is 24.7. The third kappa shape index (κ3) is 3.89. The molecule has 3 aromatic rings. The molecule has 0 fully saturated rings. The van der Waals surface area contributed by atoms with E-state index in [2.05, 4.69) is 5.10 Å². The van der Waals surface area contributed by atoms with Gasteiger partial charge in [-0.15, -0.1) is 0 Å². The van der Waals surface area contributed by atoms with Crippen molar-refractivity contribution in [2.45, 2.75) is 13.0 Å². The summed E-state index contributed by atoms with van der Waals surface area (Å²) in [5, 5.41) is 4.94. The van der Waals surface area contributed by atoms with Crippen LogP contribution in [0, 0.1) is 6.92 Å². The van der Waals surface area contributed by atoms with Crippen molar-refractivity contribution in [3.8, 4) is 5.88 Å². The molecule has 2 aromatic carbocycles. The average molecular weight is 403 g/mol. The lowest BCUT2D eigenvalue weighted by Crippen LogP contribution is -2.14. The zero-order valence-corrected chi connectivity index (χ0v) is 16.2. The van der Waals surface area contributed by atoms with E-state index < -0.39 is 6.10 Å². The number of carbonyl (C=O) groups is 2. The lowest BCUT2D eigenvalue weighted by atomic mass is 10.0. The molecule has 27 heavy (non-hydrogen) atoms. The summed E-state index contributed by atoms with van der Waals surface area (Å²) in [5.41, 5.74) is 1.68. The predicted octanol–water partition coefficient (Wildman–Crippen LogP) is 4.59. The molecule has 0 radical (unpaired) electrons. The molecule has 0 amide bonds. The van der Waals surface area contributed by atoms with Crippen molar-refractivity contribution >= 4 is 35.3 Å². The molecular formula is C20H16Cl2N2O3. The summed E-state index contributed by atoms with van der Waals surface area (Å²) in [6.45, 7) is 1.70. The van der Waals surface area contributed by atoms with Crippen molar-refractivity contribution in [3.63, 3.8) is 0 Å². The van der Waals surface area contributed by atoms with E-state index in [4.69, 9.17) is 27.9 Å². The molecule has 5 nitrogen and oxygen atoms in total.